The zero-order chi connectivity index (χ0) is 19.5. The Labute approximate surface area is 160 Å². The van der Waals surface area contributed by atoms with Crippen molar-refractivity contribution < 1.29 is 4.79 Å². The van der Waals surface area contributed by atoms with E-state index in [-0.39, 0.29) is 6.04 Å². The van der Waals surface area contributed by atoms with Gasteiger partial charge in [-0.05, 0) is 32.0 Å². The van der Waals surface area contributed by atoms with Crippen molar-refractivity contribution in [1.29, 1.82) is 0 Å². The predicted molar refractivity (Wildman–Crippen MR) is 108 cm³/mol. The largest absolute Gasteiger partial charge is 0.383 e. The Kier molecular flexibility index (Phi) is 3.85. The van der Waals surface area contributed by atoms with Crippen molar-refractivity contribution >= 4 is 45.1 Å². The SMILES string of the molecule is CC(C)n1nc(-c2cc3ccc(C(N)=O)cc3n2C)c2c(N)ncc(Cl)c21. The highest BCUT2D eigenvalue weighted by Crippen LogP contribution is 2.38. The molecule has 3 heterocycles. The Morgan fingerprint density at radius 1 is 1.26 bits per heavy atom. The second kappa shape index (κ2) is 5.99. The summed E-state index contributed by atoms with van der Waals surface area (Å²) in [7, 11) is 1.91. The molecule has 138 valence electrons. The highest BCUT2D eigenvalue weighted by Gasteiger charge is 2.22. The quantitative estimate of drug-likeness (QED) is 0.565. The minimum absolute atomic E-state index is 0.0942. The zero-order valence-electron chi connectivity index (χ0n) is 15.2. The average Bonchev–Trinajstić information content (AvgIpc) is 3.17. The van der Waals surface area contributed by atoms with E-state index in [2.05, 4.69) is 4.98 Å². The molecule has 3 aromatic heterocycles. The van der Waals surface area contributed by atoms with E-state index in [1.165, 1.54) is 0 Å². The van der Waals surface area contributed by atoms with E-state index in [4.69, 9.17) is 28.2 Å². The van der Waals surface area contributed by atoms with Crippen LogP contribution in [0.4, 0.5) is 5.82 Å². The molecule has 4 N–H and O–H groups in total. The Balaban J connectivity index is 2.07. The van der Waals surface area contributed by atoms with E-state index in [0.29, 0.717) is 22.1 Å². The van der Waals surface area contributed by atoms with Crippen LogP contribution in [0.3, 0.4) is 0 Å². The lowest BCUT2D eigenvalue weighted by Crippen LogP contribution is -2.10. The number of hydrogen-bond acceptors (Lipinski definition) is 4. The van der Waals surface area contributed by atoms with E-state index < -0.39 is 5.91 Å². The second-order valence-electron chi connectivity index (χ2n) is 6.83. The number of hydrogen-bond donors (Lipinski definition) is 2. The van der Waals surface area contributed by atoms with Crippen LogP contribution in [0.2, 0.25) is 5.02 Å². The van der Waals surface area contributed by atoms with Crippen molar-refractivity contribution in [1.82, 2.24) is 19.3 Å². The molecule has 27 heavy (non-hydrogen) atoms. The summed E-state index contributed by atoms with van der Waals surface area (Å²) in [6, 6.07) is 7.46. The normalized spacial score (nSPS) is 11.7. The van der Waals surface area contributed by atoms with Crippen LogP contribution in [-0.2, 0) is 7.05 Å². The summed E-state index contributed by atoms with van der Waals surface area (Å²) >= 11 is 6.42. The molecule has 1 aromatic carbocycles. The number of halogens is 1. The standard InChI is InChI=1S/C19H19ClN6O/c1-9(2)26-17-12(20)8-23-18(21)15(17)16(24-26)14-6-10-4-5-11(19(22)27)7-13(10)25(14)3/h4-9H,1-3H3,(H2,21,23)(H2,22,27). The minimum atomic E-state index is -0.464. The topological polar surface area (TPSA) is 105 Å². The number of carbonyl (C=O) groups is 1. The number of pyridine rings is 1. The van der Waals surface area contributed by atoms with Gasteiger partial charge in [0.1, 0.15) is 11.5 Å². The van der Waals surface area contributed by atoms with Crippen LogP contribution in [0.25, 0.3) is 33.2 Å². The zero-order valence-corrected chi connectivity index (χ0v) is 15.9. The maximum absolute atomic E-state index is 11.5. The maximum Gasteiger partial charge on any atom is 0.248 e. The van der Waals surface area contributed by atoms with Crippen molar-refractivity contribution in [2.75, 3.05) is 5.73 Å². The molecule has 0 unspecified atom stereocenters. The summed E-state index contributed by atoms with van der Waals surface area (Å²) in [6.45, 7) is 4.06. The van der Waals surface area contributed by atoms with Gasteiger partial charge in [-0.15, -0.1) is 0 Å². The first kappa shape index (κ1) is 17.4. The third-order valence-corrected chi connectivity index (χ3v) is 5.05. The summed E-state index contributed by atoms with van der Waals surface area (Å²) in [6.07, 6.45) is 1.55. The number of primary amides is 1. The van der Waals surface area contributed by atoms with E-state index in [0.717, 1.165) is 27.5 Å². The molecule has 4 rings (SSSR count). The first-order valence-corrected chi connectivity index (χ1v) is 8.89. The van der Waals surface area contributed by atoms with Gasteiger partial charge in [0.25, 0.3) is 0 Å². The van der Waals surface area contributed by atoms with Crippen LogP contribution in [0.15, 0.2) is 30.5 Å². The molecular formula is C19H19ClN6O. The smallest absolute Gasteiger partial charge is 0.248 e. The molecule has 0 spiro atoms. The Morgan fingerprint density at radius 2 is 2.00 bits per heavy atom. The molecule has 0 saturated carbocycles. The van der Waals surface area contributed by atoms with E-state index in [1.807, 2.05) is 42.3 Å². The molecule has 0 bridgehead atoms. The van der Waals surface area contributed by atoms with Gasteiger partial charge in [0.2, 0.25) is 5.91 Å². The lowest BCUT2D eigenvalue weighted by Gasteiger charge is -2.07. The van der Waals surface area contributed by atoms with Crippen molar-refractivity contribution in [3.63, 3.8) is 0 Å². The second-order valence-corrected chi connectivity index (χ2v) is 7.24. The molecule has 7 nitrogen and oxygen atoms in total. The van der Waals surface area contributed by atoms with Gasteiger partial charge in [0.15, 0.2) is 0 Å². The Hall–Kier alpha value is -3.06. The summed E-state index contributed by atoms with van der Waals surface area (Å²) in [5.41, 5.74) is 15.3. The maximum atomic E-state index is 11.5. The Morgan fingerprint density at radius 3 is 2.67 bits per heavy atom. The monoisotopic (exact) mass is 382 g/mol. The number of rotatable bonds is 3. The molecule has 0 aliphatic heterocycles. The van der Waals surface area contributed by atoms with Gasteiger partial charge in [0, 0.05) is 29.6 Å². The fraction of sp³-hybridized carbons (Fsp3) is 0.211. The van der Waals surface area contributed by atoms with Gasteiger partial charge < -0.3 is 16.0 Å². The first-order chi connectivity index (χ1) is 12.8. The number of amides is 1. The molecule has 4 aromatic rings. The summed E-state index contributed by atoms with van der Waals surface area (Å²) < 4.78 is 3.83. The third-order valence-electron chi connectivity index (χ3n) is 4.77. The summed E-state index contributed by atoms with van der Waals surface area (Å²) in [5.74, 6) is -0.0891. The number of benzene rings is 1. The number of aromatic nitrogens is 4. The molecular weight excluding hydrogens is 364 g/mol. The van der Waals surface area contributed by atoms with Crippen LogP contribution in [0.5, 0.6) is 0 Å². The van der Waals surface area contributed by atoms with Gasteiger partial charge in [0.05, 0.1) is 27.8 Å². The highest BCUT2D eigenvalue weighted by atomic mass is 35.5. The number of fused-ring (bicyclic) bond motifs is 2. The van der Waals surface area contributed by atoms with Crippen LogP contribution < -0.4 is 11.5 Å². The molecule has 0 radical (unpaired) electrons. The number of anilines is 1. The molecule has 0 fully saturated rings. The van der Waals surface area contributed by atoms with Gasteiger partial charge in [-0.3, -0.25) is 9.48 Å². The fourth-order valence-corrected chi connectivity index (χ4v) is 3.65. The van der Waals surface area contributed by atoms with E-state index >= 15 is 0 Å². The minimum Gasteiger partial charge on any atom is -0.383 e. The van der Waals surface area contributed by atoms with Crippen LogP contribution >= 0.6 is 11.6 Å². The lowest BCUT2D eigenvalue weighted by molar-refractivity contribution is 0.100. The van der Waals surface area contributed by atoms with Gasteiger partial charge in [-0.1, -0.05) is 17.7 Å². The average molecular weight is 383 g/mol. The molecule has 0 aliphatic carbocycles. The molecule has 8 heteroatoms. The third kappa shape index (κ3) is 2.54. The number of aryl methyl sites for hydroxylation is 1. The summed E-state index contributed by atoms with van der Waals surface area (Å²) in [4.78, 5) is 15.7. The molecule has 1 amide bonds. The van der Waals surface area contributed by atoms with Crippen LogP contribution in [0, 0.1) is 0 Å². The van der Waals surface area contributed by atoms with E-state index in [9.17, 15) is 4.79 Å². The van der Waals surface area contributed by atoms with E-state index in [1.54, 1.807) is 18.3 Å². The fourth-order valence-electron chi connectivity index (χ4n) is 3.42. The van der Waals surface area contributed by atoms with Crippen molar-refractivity contribution in [3.8, 4) is 11.4 Å². The van der Waals surface area contributed by atoms with Crippen molar-refractivity contribution in [2.45, 2.75) is 19.9 Å². The highest BCUT2D eigenvalue weighted by molar-refractivity contribution is 6.35. The summed E-state index contributed by atoms with van der Waals surface area (Å²) in [5, 5.41) is 6.99. The van der Waals surface area contributed by atoms with Crippen LogP contribution in [-0.4, -0.2) is 25.2 Å². The predicted octanol–water partition coefficient (Wildman–Crippen LogP) is 3.51. The van der Waals surface area contributed by atoms with Crippen LogP contribution in [0.1, 0.15) is 30.2 Å². The first-order valence-electron chi connectivity index (χ1n) is 8.51. The molecule has 0 saturated heterocycles. The van der Waals surface area contributed by atoms with Crippen molar-refractivity contribution in [2.24, 2.45) is 12.8 Å². The number of nitrogens with two attached hydrogens (primary N) is 2. The Bertz CT molecular complexity index is 1220. The molecule has 0 aliphatic rings. The van der Waals surface area contributed by atoms with Gasteiger partial charge >= 0.3 is 0 Å². The number of nitrogens with zero attached hydrogens (tertiary/aromatic N) is 4. The number of nitrogen functional groups attached to an aromatic ring is 1. The van der Waals surface area contributed by atoms with Gasteiger partial charge in [-0.25, -0.2) is 4.98 Å². The molecule has 0 atom stereocenters. The van der Waals surface area contributed by atoms with Gasteiger partial charge in [-0.2, -0.15) is 5.10 Å². The number of carbonyl (C=O) groups excluding carboxylic acids is 1. The lowest BCUT2D eigenvalue weighted by atomic mass is 10.1. The van der Waals surface area contributed by atoms with Crippen molar-refractivity contribution in [3.05, 3.63) is 41.0 Å².